The molecule has 0 unspecified atom stereocenters. The van der Waals surface area contributed by atoms with Gasteiger partial charge in [-0.2, -0.15) is 0 Å². The van der Waals surface area contributed by atoms with Crippen LogP contribution in [0.5, 0.6) is 0 Å². The number of nitrogens with one attached hydrogen (secondary N) is 1. The molecule has 116 valence electrons. The van der Waals surface area contributed by atoms with Crippen molar-refractivity contribution in [3.05, 3.63) is 10.4 Å². The fourth-order valence-electron chi connectivity index (χ4n) is 2.73. The molecule has 2 rings (SSSR count). The van der Waals surface area contributed by atoms with Gasteiger partial charge in [0.15, 0.2) is 0 Å². The summed E-state index contributed by atoms with van der Waals surface area (Å²) in [7, 11) is 1.55. The summed E-state index contributed by atoms with van der Waals surface area (Å²) in [6.07, 6.45) is 3.36. The second-order valence-electron chi connectivity index (χ2n) is 5.31. The van der Waals surface area contributed by atoms with Crippen molar-refractivity contribution in [2.75, 3.05) is 30.8 Å². The third-order valence-electron chi connectivity index (χ3n) is 4.08. The number of carbonyl (C=O) groups is 2. The highest BCUT2D eigenvalue weighted by atomic mass is 32.1. The van der Waals surface area contributed by atoms with Gasteiger partial charge in [0.25, 0.3) is 11.8 Å². The molecule has 0 aliphatic carbocycles. The molecule has 2 amide bonds. The Hall–Kier alpha value is -1.76. The van der Waals surface area contributed by atoms with E-state index in [2.05, 4.69) is 17.1 Å². The maximum Gasteiger partial charge on any atom is 0.260 e. The van der Waals surface area contributed by atoms with Gasteiger partial charge in [-0.3, -0.25) is 9.59 Å². The van der Waals surface area contributed by atoms with Crippen LogP contribution in [0, 0.1) is 5.92 Å². The molecule has 1 aromatic rings. The molecule has 1 fully saturated rings. The SMILES string of the molecule is CCC1CCN(c2sc(C(N)=O)c(N)c2C(=O)NC)CC1. The van der Waals surface area contributed by atoms with Crippen LogP contribution in [0.15, 0.2) is 0 Å². The Bertz CT molecular complexity index is 547. The number of rotatable bonds is 4. The minimum Gasteiger partial charge on any atom is -0.397 e. The zero-order valence-corrected chi connectivity index (χ0v) is 13.3. The molecule has 0 radical (unpaired) electrons. The Kier molecular flexibility index (Phi) is 4.72. The van der Waals surface area contributed by atoms with Crippen molar-refractivity contribution < 1.29 is 9.59 Å². The van der Waals surface area contributed by atoms with Crippen LogP contribution in [0.4, 0.5) is 10.7 Å². The van der Waals surface area contributed by atoms with Gasteiger partial charge >= 0.3 is 0 Å². The average Bonchev–Trinajstić information content (AvgIpc) is 2.84. The highest BCUT2D eigenvalue weighted by Gasteiger charge is 2.29. The Morgan fingerprint density at radius 2 is 2.00 bits per heavy atom. The van der Waals surface area contributed by atoms with Gasteiger partial charge in [-0.1, -0.05) is 13.3 Å². The van der Waals surface area contributed by atoms with Gasteiger partial charge in [0.2, 0.25) is 0 Å². The average molecular weight is 310 g/mol. The number of carbonyl (C=O) groups excluding carboxylic acids is 2. The number of anilines is 2. The van der Waals surface area contributed by atoms with E-state index in [1.165, 1.54) is 17.8 Å². The van der Waals surface area contributed by atoms with E-state index >= 15 is 0 Å². The molecule has 0 aromatic carbocycles. The van der Waals surface area contributed by atoms with Gasteiger partial charge < -0.3 is 21.7 Å². The zero-order chi connectivity index (χ0) is 15.6. The number of nitrogens with zero attached hydrogens (tertiary/aromatic N) is 1. The van der Waals surface area contributed by atoms with Crippen LogP contribution in [0.2, 0.25) is 0 Å². The number of hydrogen-bond donors (Lipinski definition) is 3. The van der Waals surface area contributed by atoms with Gasteiger partial charge in [-0.25, -0.2) is 0 Å². The Labute approximate surface area is 128 Å². The molecule has 1 aliphatic rings. The highest BCUT2D eigenvalue weighted by Crippen LogP contribution is 2.39. The molecule has 1 aliphatic heterocycles. The van der Waals surface area contributed by atoms with Crippen LogP contribution in [0.25, 0.3) is 0 Å². The van der Waals surface area contributed by atoms with Crippen LogP contribution in [-0.4, -0.2) is 32.0 Å². The van der Waals surface area contributed by atoms with Gasteiger partial charge in [-0.15, -0.1) is 11.3 Å². The lowest BCUT2D eigenvalue weighted by atomic mass is 9.94. The summed E-state index contributed by atoms with van der Waals surface area (Å²) in [5.74, 6) is -0.126. The number of nitrogens with two attached hydrogens (primary N) is 2. The predicted molar refractivity (Wildman–Crippen MR) is 85.9 cm³/mol. The van der Waals surface area contributed by atoms with Crippen molar-refractivity contribution >= 4 is 33.8 Å². The van der Waals surface area contributed by atoms with Crippen LogP contribution >= 0.6 is 11.3 Å². The fourth-order valence-corrected chi connectivity index (χ4v) is 3.85. The minimum atomic E-state index is -0.586. The van der Waals surface area contributed by atoms with Crippen molar-refractivity contribution in [2.24, 2.45) is 11.7 Å². The summed E-state index contributed by atoms with van der Waals surface area (Å²) < 4.78 is 0. The zero-order valence-electron chi connectivity index (χ0n) is 12.4. The Morgan fingerprint density at radius 1 is 1.38 bits per heavy atom. The molecule has 2 heterocycles. The molecule has 1 saturated heterocycles. The van der Waals surface area contributed by atoms with E-state index in [4.69, 9.17) is 11.5 Å². The lowest BCUT2D eigenvalue weighted by Gasteiger charge is -2.32. The van der Waals surface area contributed by atoms with E-state index in [0.29, 0.717) is 5.56 Å². The molecule has 7 heteroatoms. The summed E-state index contributed by atoms with van der Waals surface area (Å²) in [6, 6.07) is 0. The monoisotopic (exact) mass is 310 g/mol. The van der Waals surface area contributed by atoms with Gasteiger partial charge in [0.1, 0.15) is 9.88 Å². The van der Waals surface area contributed by atoms with Crippen LogP contribution < -0.4 is 21.7 Å². The molecule has 0 spiro atoms. The second-order valence-corrected chi connectivity index (χ2v) is 6.31. The summed E-state index contributed by atoms with van der Waals surface area (Å²) in [4.78, 5) is 26.0. The number of thiophene rings is 1. The third-order valence-corrected chi connectivity index (χ3v) is 5.36. The number of amides is 2. The Morgan fingerprint density at radius 3 is 2.48 bits per heavy atom. The van der Waals surface area contributed by atoms with Gasteiger partial charge in [0, 0.05) is 20.1 Å². The Balaban J connectivity index is 2.36. The van der Waals surface area contributed by atoms with E-state index in [9.17, 15) is 9.59 Å². The van der Waals surface area contributed by atoms with Crippen molar-refractivity contribution in [1.82, 2.24) is 5.32 Å². The van der Waals surface area contributed by atoms with Crippen molar-refractivity contribution in [2.45, 2.75) is 26.2 Å². The molecule has 0 bridgehead atoms. The van der Waals surface area contributed by atoms with E-state index in [1.807, 2.05) is 0 Å². The van der Waals surface area contributed by atoms with Crippen molar-refractivity contribution in [3.8, 4) is 0 Å². The van der Waals surface area contributed by atoms with Crippen LogP contribution in [-0.2, 0) is 0 Å². The number of hydrogen-bond acceptors (Lipinski definition) is 5. The van der Waals surface area contributed by atoms with E-state index in [-0.39, 0.29) is 16.5 Å². The topological polar surface area (TPSA) is 101 Å². The quantitative estimate of drug-likeness (QED) is 0.782. The molecule has 5 N–H and O–H groups in total. The third kappa shape index (κ3) is 2.97. The first-order valence-corrected chi connectivity index (χ1v) is 8.00. The highest BCUT2D eigenvalue weighted by molar-refractivity contribution is 7.19. The maximum atomic E-state index is 12.1. The van der Waals surface area contributed by atoms with Crippen molar-refractivity contribution in [1.29, 1.82) is 0 Å². The first-order chi connectivity index (χ1) is 9.99. The van der Waals surface area contributed by atoms with Gasteiger partial charge in [0.05, 0.1) is 11.3 Å². The van der Waals surface area contributed by atoms with Crippen LogP contribution in [0.1, 0.15) is 46.2 Å². The molecular formula is C14H22N4O2S. The van der Waals surface area contributed by atoms with E-state index in [0.717, 1.165) is 36.9 Å². The lowest BCUT2D eigenvalue weighted by Crippen LogP contribution is -2.34. The number of nitrogen functional groups attached to an aromatic ring is 1. The number of piperidine rings is 1. The molecule has 21 heavy (non-hydrogen) atoms. The van der Waals surface area contributed by atoms with E-state index in [1.54, 1.807) is 7.05 Å². The first kappa shape index (κ1) is 15.6. The summed E-state index contributed by atoms with van der Waals surface area (Å²) in [5, 5.41) is 3.34. The maximum absolute atomic E-state index is 12.1. The van der Waals surface area contributed by atoms with Crippen LogP contribution in [0.3, 0.4) is 0 Å². The lowest BCUT2D eigenvalue weighted by molar-refractivity contribution is 0.0964. The minimum absolute atomic E-state index is 0.194. The summed E-state index contributed by atoms with van der Waals surface area (Å²) in [6.45, 7) is 3.95. The van der Waals surface area contributed by atoms with Crippen molar-refractivity contribution in [3.63, 3.8) is 0 Å². The summed E-state index contributed by atoms with van der Waals surface area (Å²) in [5.41, 5.74) is 11.9. The molecule has 6 nitrogen and oxygen atoms in total. The first-order valence-electron chi connectivity index (χ1n) is 7.18. The van der Waals surface area contributed by atoms with Gasteiger partial charge in [-0.05, 0) is 18.8 Å². The van der Waals surface area contributed by atoms with E-state index < -0.39 is 5.91 Å². The number of primary amides is 1. The molecular weight excluding hydrogens is 288 g/mol. The predicted octanol–water partition coefficient (Wildman–Crippen LogP) is 1.42. The largest absolute Gasteiger partial charge is 0.397 e. The molecule has 0 atom stereocenters. The standard InChI is InChI=1S/C14H22N4O2S/c1-3-8-4-6-18(7-5-8)14-9(13(20)17-2)10(15)11(21-14)12(16)19/h8H,3-7,15H2,1-2H3,(H2,16,19)(H,17,20). The normalized spacial score (nSPS) is 16.0. The fraction of sp³-hybridized carbons (Fsp3) is 0.571. The second kappa shape index (κ2) is 6.34. The molecule has 0 saturated carbocycles. The smallest absolute Gasteiger partial charge is 0.260 e. The summed E-state index contributed by atoms with van der Waals surface area (Å²) >= 11 is 1.22. The molecule has 1 aromatic heterocycles.